The lowest BCUT2D eigenvalue weighted by atomic mass is 9.60. The summed E-state index contributed by atoms with van der Waals surface area (Å²) in [4.78, 5) is 0. The molecule has 3 saturated carbocycles. The monoisotopic (exact) mass is 759 g/mol. The van der Waals surface area contributed by atoms with Gasteiger partial charge in [-0.2, -0.15) is 0 Å². The van der Waals surface area contributed by atoms with E-state index in [1.807, 2.05) is 0 Å². The van der Waals surface area contributed by atoms with Crippen LogP contribution in [0.15, 0.2) is 34.9 Å². The highest BCUT2D eigenvalue weighted by molar-refractivity contribution is 6.75. The van der Waals surface area contributed by atoms with Crippen LogP contribution in [0.2, 0.25) is 54.4 Å². The van der Waals surface area contributed by atoms with E-state index in [-0.39, 0.29) is 27.3 Å². The van der Waals surface area contributed by atoms with Crippen molar-refractivity contribution in [3.63, 3.8) is 0 Å². The molecule has 6 heteroatoms. The van der Waals surface area contributed by atoms with Gasteiger partial charge in [-0.3, -0.25) is 0 Å². The third-order valence-electron chi connectivity index (χ3n) is 15.0. The molecule has 0 spiro atoms. The smallest absolute Gasteiger partial charge is 0.192 e. The molecule has 0 aromatic heterocycles. The van der Waals surface area contributed by atoms with E-state index < -0.39 is 25.0 Å². The SMILES string of the molecule is CC(C)C[C@H](C)C1CCC2/C(=C/C=C3C[C@H](O[Si](C)(C)C(C)(C)C)C(=CCCO[Si](C)(C)C(C)(C)C)[C@H](O[Si](C)(C)C(C)(C)C)C3)CCC[C@@]21C. The van der Waals surface area contributed by atoms with Crippen molar-refractivity contribution in [3.05, 3.63) is 34.9 Å². The topological polar surface area (TPSA) is 27.7 Å². The first-order valence-electron chi connectivity index (χ1n) is 21.1. The lowest BCUT2D eigenvalue weighted by molar-refractivity contribution is 0.0893. The molecule has 3 nitrogen and oxygen atoms in total. The highest BCUT2D eigenvalue weighted by Gasteiger charge is 2.51. The quantitative estimate of drug-likeness (QED) is 0.113. The maximum atomic E-state index is 7.43. The molecule has 0 saturated heterocycles. The Hall–Kier alpha value is -0.249. The Kier molecular flexibility index (Phi) is 14.6. The van der Waals surface area contributed by atoms with Crippen molar-refractivity contribution < 1.29 is 13.3 Å². The minimum Gasteiger partial charge on any atom is -0.417 e. The maximum Gasteiger partial charge on any atom is 0.192 e. The van der Waals surface area contributed by atoms with Gasteiger partial charge in [0.15, 0.2) is 25.0 Å². The number of hydrogen-bond acceptors (Lipinski definition) is 3. The fourth-order valence-corrected chi connectivity index (χ4v) is 12.4. The molecule has 0 bridgehead atoms. The number of allylic oxidation sites excluding steroid dienone is 3. The molecule has 0 aromatic rings. The van der Waals surface area contributed by atoms with Gasteiger partial charge in [-0.25, -0.2) is 0 Å². The second-order valence-corrected chi connectivity index (χ2v) is 36.8. The zero-order chi connectivity index (χ0) is 39.0. The molecule has 3 aliphatic rings. The molecule has 3 fully saturated rings. The zero-order valence-corrected chi connectivity index (χ0v) is 40.5. The molecule has 6 atom stereocenters. The average Bonchev–Trinajstić information content (AvgIpc) is 3.30. The fraction of sp³-hybridized carbons (Fsp3) is 0.867. The molecular weight excluding hydrogens is 673 g/mol. The van der Waals surface area contributed by atoms with E-state index in [1.165, 1.54) is 49.7 Å². The minimum absolute atomic E-state index is 0.0521. The first-order chi connectivity index (χ1) is 23.0. The molecule has 296 valence electrons. The molecule has 0 aromatic carbocycles. The highest BCUT2D eigenvalue weighted by Crippen LogP contribution is 2.60. The van der Waals surface area contributed by atoms with Crippen molar-refractivity contribution in [2.24, 2.45) is 29.1 Å². The lowest BCUT2D eigenvalue weighted by Gasteiger charge is -2.46. The van der Waals surface area contributed by atoms with Crippen LogP contribution in [0.4, 0.5) is 0 Å². The molecule has 3 aliphatic carbocycles. The second kappa shape index (κ2) is 16.5. The summed E-state index contributed by atoms with van der Waals surface area (Å²) in [6.07, 6.45) is 18.7. The number of hydrogen-bond donors (Lipinski definition) is 0. The molecule has 3 rings (SSSR count). The first-order valence-corrected chi connectivity index (χ1v) is 29.8. The normalized spacial score (nSPS) is 30.5. The van der Waals surface area contributed by atoms with Gasteiger partial charge in [0.05, 0.1) is 12.2 Å². The number of rotatable bonds is 12. The van der Waals surface area contributed by atoms with Crippen molar-refractivity contribution in [2.75, 3.05) is 6.61 Å². The minimum atomic E-state index is -2.06. The summed E-state index contributed by atoms with van der Waals surface area (Å²) in [5.74, 6) is 3.19. The predicted molar refractivity (Wildman–Crippen MR) is 232 cm³/mol. The van der Waals surface area contributed by atoms with E-state index >= 15 is 0 Å². The van der Waals surface area contributed by atoms with Crippen LogP contribution in [0, 0.1) is 29.1 Å². The van der Waals surface area contributed by atoms with Crippen LogP contribution < -0.4 is 0 Å². The van der Waals surface area contributed by atoms with Crippen LogP contribution in [-0.4, -0.2) is 43.8 Å². The molecule has 2 unspecified atom stereocenters. The Morgan fingerprint density at radius 2 is 1.25 bits per heavy atom. The Labute approximate surface area is 322 Å². The Bertz CT molecular complexity index is 1210. The Morgan fingerprint density at radius 3 is 1.73 bits per heavy atom. The van der Waals surface area contributed by atoms with Crippen LogP contribution in [0.1, 0.15) is 148 Å². The summed E-state index contributed by atoms with van der Waals surface area (Å²) in [7, 11) is -5.93. The maximum absolute atomic E-state index is 7.43. The van der Waals surface area contributed by atoms with Crippen molar-refractivity contribution >= 4 is 25.0 Å². The predicted octanol–water partition coefficient (Wildman–Crippen LogP) is 14.7. The fourth-order valence-electron chi connectivity index (χ4n) is 8.79. The summed E-state index contributed by atoms with van der Waals surface area (Å²) >= 11 is 0. The largest absolute Gasteiger partial charge is 0.417 e. The Balaban J connectivity index is 2.03. The lowest BCUT2D eigenvalue weighted by Crippen LogP contribution is -2.50. The van der Waals surface area contributed by atoms with Gasteiger partial charge < -0.3 is 13.3 Å². The van der Waals surface area contributed by atoms with Crippen LogP contribution in [0.5, 0.6) is 0 Å². The van der Waals surface area contributed by atoms with E-state index in [4.69, 9.17) is 13.3 Å². The molecule has 0 heterocycles. The number of fused-ring (bicyclic) bond motifs is 1. The third kappa shape index (κ3) is 11.0. The molecule has 0 radical (unpaired) electrons. The first kappa shape index (κ1) is 45.1. The van der Waals surface area contributed by atoms with E-state index in [1.54, 1.807) is 5.57 Å². The van der Waals surface area contributed by atoms with Gasteiger partial charge in [0.2, 0.25) is 0 Å². The molecule has 0 amide bonds. The van der Waals surface area contributed by atoms with Gasteiger partial charge in [0.25, 0.3) is 0 Å². The van der Waals surface area contributed by atoms with Gasteiger partial charge in [0.1, 0.15) is 0 Å². The van der Waals surface area contributed by atoms with E-state index in [9.17, 15) is 0 Å². The van der Waals surface area contributed by atoms with Crippen LogP contribution in [-0.2, 0) is 13.3 Å². The molecule has 51 heavy (non-hydrogen) atoms. The van der Waals surface area contributed by atoms with Crippen LogP contribution >= 0.6 is 0 Å². The summed E-state index contributed by atoms with van der Waals surface area (Å²) in [5.41, 5.74) is 5.08. The van der Waals surface area contributed by atoms with Gasteiger partial charge >= 0.3 is 0 Å². The van der Waals surface area contributed by atoms with Crippen molar-refractivity contribution in [1.29, 1.82) is 0 Å². The zero-order valence-electron chi connectivity index (χ0n) is 37.5. The van der Waals surface area contributed by atoms with Gasteiger partial charge in [-0.05, 0) is 147 Å². The molecular formula is C45H86O3Si3. The van der Waals surface area contributed by atoms with Crippen LogP contribution in [0.25, 0.3) is 0 Å². The van der Waals surface area contributed by atoms with Gasteiger partial charge in [-0.15, -0.1) is 0 Å². The highest BCUT2D eigenvalue weighted by atomic mass is 28.4. The average molecular weight is 759 g/mol. The van der Waals surface area contributed by atoms with Gasteiger partial charge in [-0.1, -0.05) is 119 Å². The second-order valence-electron chi connectivity index (χ2n) is 22.5. The van der Waals surface area contributed by atoms with E-state index in [0.717, 1.165) is 49.5 Å². The van der Waals surface area contributed by atoms with Crippen molar-refractivity contribution in [2.45, 2.75) is 214 Å². The standard InChI is InChI=1S/C45H86O3Si3/c1-33(2)30-34(3)38-26-27-39-36(22-20-28-45(38,39)13)25-24-35-31-40(47-50(16,17)43(7,8)9)37(23-21-29-46-49(14,15)42(4,5)6)41(32-35)48-51(18,19)44(10,11)12/h23-25,33-34,38-41H,20-22,26-32H2,1-19H3/b35-24?,36-25+,37-23?/t34-,38?,39?,40-,41+,45+/m0/s1. The Morgan fingerprint density at radius 1 is 0.745 bits per heavy atom. The summed E-state index contributed by atoms with van der Waals surface area (Å²) < 4.78 is 21.5. The summed E-state index contributed by atoms with van der Waals surface area (Å²) in [5, 5.41) is 0.491. The van der Waals surface area contributed by atoms with E-state index in [0.29, 0.717) is 5.41 Å². The third-order valence-corrected chi connectivity index (χ3v) is 28.5. The summed E-state index contributed by atoms with van der Waals surface area (Å²) in [6.45, 7) is 46.5. The van der Waals surface area contributed by atoms with Crippen LogP contribution in [0.3, 0.4) is 0 Å². The van der Waals surface area contributed by atoms with Crippen molar-refractivity contribution in [1.82, 2.24) is 0 Å². The molecule has 0 aliphatic heterocycles. The molecule has 0 N–H and O–H groups in total. The summed E-state index contributed by atoms with van der Waals surface area (Å²) in [6, 6.07) is 0. The van der Waals surface area contributed by atoms with Gasteiger partial charge in [0, 0.05) is 6.61 Å². The van der Waals surface area contributed by atoms with E-state index in [2.05, 4.69) is 148 Å². The van der Waals surface area contributed by atoms with Crippen molar-refractivity contribution in [3.8, 4) is 0 Å².